The standard InChI is InChI=1S/C35H33N3O3S/c1-23-19-24-20-28(41-33(24)29-17-18-31(39)38-32(23)29)21-37-34(40)30(36)22-42-35(25-11-5-2-6-12-25,26-13-7-3-8-14-26)27-15-9-4-10-16-27/h2-19,28,30H,20-22,36H2,1H3,(H,37,40)(H,38,39). The van der Waals surface area contributed by atoms with E-state index >= 15 is 0 Å². The molecule has 4 N–H and O–H groups in total. The number of carbonyl (C=O) groups is 1. The van der Waals surface area contributed by atoms with Crippen LogP contribution in [-0.4, -0.2) is 35.3 Å². The van der Waals surface area contributed by atoms with E-state index < -0.39 is 10.8 Å². The third-order valence-corrected chi connectivity index (χ3v) is 9.50. The summed E-state index contributed by atoms with van der Waals surface area (Å²) in [5.41, 5.74) is 12.6. The molecule has 2 atom stereocenters. The van der Waals surface area contributed by atoms with Crippen LogP contribution in [0.5, 0.6) is 5.75 Å². The number of H-pyrrole nitrogens is 1. The topological polar surface area (TPSA) is 97.2 Å². The Labute approximate surface area is 249 Å². The highest BCUT2D eigenvalue weighted by molar-refractivity contribution is 8.00. The van der Waals surface area contributed by atoms with Crippen LogP contribution in [0, 0.1) is 6.92 Å². The average molecular weight is 576 g/mol. The number of carbonyl (C=O) groups excluding carboxylic acids is 1. The van der Waals surface area contributed by atoms with Crippen LogP contribution in [0.2, 0.25) is 0 Å². The molecule has 2 unspecified atom stereocenters. The lowest BCUT2D eigenvalue weighted by Gasteiger charge is -2.36. The summed E-state index contributed by atoms with van der Waals surface area (Å²) < 4.78 is 5.71. The van der Waals surface area contributed by atoms with E-state index in [4.69, 9.17) is 10.5 Å². The average Bonchev–Trinajstić information content (AvgIpc) is 3.44. The Hall–Kier alpha value is -4.33. The zero-order valence-electron chi connectivity index (χ0n) is 23.4. The molecule has 212 valence electrons. The van der Waals surface area contributed by atoms with Gasteiger partial charge in [-0.2, -0.15) is 0 Å². The Bertz CT molecular complexity index is 1660. The number of fused-ring (bicyclic) bond motifs is 3. The molecule has 42 heavy (non-hydrogen) atoms. The van der Waals surface area contributed by atoms with Crippen LogP contribution in [0.15, 0.2) is 114 Å². The third-order valence-electron chi connectivity index (χ3n) is 7.83. The van der Waals surface area contributed by atoms with Crippen molar-refractivity contribution in [2.45, 2.75) is 30.2 Å². The van der Waals surface area contributed by atoms with Crippen molar-refractivity contribution in [3.8, 4) is 5.75 Å². The van der Waals surface area contributed by atoms with Crippen LogP contribution in [0.3, 0.4) is 0 Å². The van der Waals surface area contributed by atoms with Crippen molar-refractivity contribution in [3.05, 3.63) is 147 Å². The summed E-state index contributed by atoms with van der Waals surface area (Å²) in [6.45, 7) is 2.32. The molecule has 1 aliphatic rings. The maximum absolute atomic E-state index is 13.3. The van der Waals surface area contributed by atoms with Crippen molar-refractivity contribution >= 4 is 28.6 Å². The third kappa shape index (κ3) is 5.33. The van der Waals surface area contributed by atoms with E-state index in [-0.39, 0.29) is 17.6 Å². The Morgan fingerprint density at radius 2 is 1.52 bits per heavy atom. The lowest BCUT2D eigenvalue weighted by atomic mass is 9.84. The summed E-state index contributed by atoms with van der Waals surface area (Å²) in [7, 11) is 0. The zero-order chi connectivity index (χ0) is 29.1. The van der Waals surface area contributed by atoms with Crippen molar-refractivity contribution in [2.75, 3.05) is 12.3 Å². The molecule has 0 radical (unpaired) electrons. The molecule has 6 nitrogen and oxygen atoms in total. The first-order valence-electron chi connectivity index (χ1n) is 14.1. The highest BCUT2D eigenvalue weighted by Crippen LogP contribution is 2.48. The summed E-state index contributed by atoms with van der Waals surface area (Å²) in [5, 5.41) is 3.91. The maximum atomic E-state index is 13.3. The fraction of sp³-hybridized carbons (Fsp3) is 0.200. The number of aromatic nitrogens is 1. The number of thioether (sulfide) groups is 1. The fourth-order valence-electron chi connectivity index (χ4n) is 5.81. The molecule has 0 saturated carbocycles. The molecule has 0 aliphatic carbocycles. The van der Waals surface area contributed by atoms with Gasteiger partial charge >= 0.3 is 0 Å². The number of nitrogens with one attached hydrogen (secondary N) is 2. The molecule has 4 aromatic carbocycles. The van der Waals surface area contributed by atoms with Crippen LogP contribution in [0.4, 0.5) is 0 Å². The second-order valence-corrected chi connectivity index (χ2v) is 11.9. The zero-order valence-corrected chi connectivity index (χ0v) is 24.2. The van der Waals surface area contributed by atoms with Gasteiger partial charge in [0.2, 0.25) is 11.5 Å². The maximum Gasteiger partial charge on any atom is 0.248 e. The van der Waals surface area contributed by atoms with Crippen molar-refractivity contribution in [1.29, 1.82) is 0 Å². The quantitative estimate of drug-likeness (QED) is 0.207. The van der Waals surface area contributed by atoms with Gasteiger partial charge in [-0.25, -0.2) is 0 Å². The Morgan fingerprint density at radius 3 is 2.10 bits per heavy atom. The number of pyridine rings is 1. The number of hydrogen-bond acceptors (Lipinski definition) is 5. The van der Waals surface area contributed by atoms with Gasteiger partial charge in [0.15, 0.2) is 0 Å². The highest BCUT2D eigenvalue weighted by atomic mass is 32.2. The van der Waals surface area contributed by atoms with Gasteiger partial charge in [0, 0.05) is 23.6 Å². The lowest BCUT2D eigenvalue weighted by Crippen LogP contribution is -2.46. The van der Waals surface area contributed by atoms with E-state index in [0.717, 1.165) is 44.5 Å². The van der Waals surface area contributed by atoms with E-state index in [9.17, 15) is 9.59 Å². The second-order valence-electron chi connectivity index (χ2n) is 10.7. The Kier molecular flexibility index (Phi) is 7.87. The molecule has 6 rings (SSSR count). The molecule has 2 heterocycles. The van der Waals surface area contributed by atoms with Gasteiger partial charge in [-0.05, 0) is 40.8 Å². The number of aryl methyl sites for hydroxylation is 1. The van der Waals surface area contributed by atoms with Gasteiger partial charge in [-0.15, -0.1) is 11.8 Å². The predicted molar refractivity (Wildman–Crippen MR) is 170 cm³/mol. The SMILES string of the molecule is Cc1cc2c(c3ccc(=O)[nH]c13)OC(CNC(=O)C(N)CSC(c1ccccc1)(c1ccccc1)c1ccccc1)C2. The number of benzene rings is 4. The molecule has 7 heteroatoms. The molecule has 1 amide bonds. The normalized spacial score (nSPS) is 15.1. The minimum atomic E-state index is -0.720. The molecule has 1 aliphatic heterocycles. The number of rotatable bonds is 9. The minimum Gasteiger partial charge on any atom is -0.487 e. The first kappa shape index (κ1) is 27.8. The number of nitrogens with two attached hydrogens (primary N) is 1. The Morgan fingerprint density at radius 1 is 0.952 bits per heavy atom. The molecule has 1 aromatic heterocycles. The van der Waals surface area contributed by atoms with Crippen LogP contribution in [-0.2, 0) is 16.0 Å². The molecule has 0 saturated heterocycles. The Balaban J connectivity index is 1.18. The first-order chi connectivity index (χ1) is 20.5. The number of aromatic amines is 1. The highest BCUT2D eigenvalue weighted by Gasteiger charge is 2.38. The van der Waals surface area contributed by atoms with E-state index in [2.05, 4.69) is 46.7 Å². The smallest absolute Gasteiger partial charge is 0.248 e. The van der Waals surface area contributed by atoms with Crippen molar-refractivity contribution in [3.63, 3.8) is 0 Å². The van der Waals surface area contributed by atoms with E-state index in [1.807, 2.05) is 67.6 Å². The number of ether oxygens (including phenoxy) is 1. The summed E-state index contributed by atoms with van der Waals surface area (Å²) in [4.78, 5) is 28.0. The molecule has 0 spiro atoms. The van der Waals surface area contributed by atoms with Gasteiger partial charge in [-0.1, -0.05) is 97.1 Å². The van der Waals surface area contributed by atoms with Crippen LogP contribution < -0.4 is 21.3 Å². The minimum absolute atomic E-state index is 0.143. The van der Waals surface area contributed by atoms with Crippen LogP contribution in [0.1, 0.15) is 27.8 Å². The summed E-state index contributed by atoms with van der Waals surface area (Å²) >= 11 is 1.67. The predicted octanol–water partition coefficient (Wildman–Crippen LogP) is 5.31. The molecule has 5 aromatic rings. The monoisotopic (exact) mass is 575 g/mol. The van der Waals surface area contributed by atoms with Gasteiger partial charge in [-0.3, -0.25) is 9.59 Å². The van der Waals surface area contributed by atoms with Crippen LogP contribution in [0.25, 0.3) is 10.9 Å². The first-order valence-corrected chi connectivity index (χ1v) is 15.1. The van der Waals surface area contributed by atoms with E-state index in [1.165, 1.54) is 6.07 Å². The lowest BCUT2D eigenvalue weighted by molar-refractivity contribution is -0.122. The van der Waals surface area contributed by atoms with Crippen LogP contribution >= 0.6 is 11.8 Å². The molecular weight excluding hydrogens is 542 g/mol. The van der Waals surface area contributed by atoms with Gasteiger partial charge in [0.1, 0.15) is 11.9 Å². The number of amides is 1. The second kappa shape index (κ2) is 11.9. The molecular formula is C35H33N3O3S. The fourth-order valence-corrected chi connectivity index (χ4v) is 7.30. The van der Waals surface area contributed by atoms with E-state index in [1.54, 1.807) is 17.8 Å². The summed E-state index contributed by atoms with van der Waals surface area (Å²) in [6, 6.07) is 35.8. The van der Waals surface area contributed by atoms with E-state index in [0.29, 0.717) is 18.7 Å². The number of hydrogen-bond donors (Lipinski definition) is 3. The summed E-state index contributed by atoms with van der Waals surface area (Å²) in [5.74, 6) is 0.966. The van der Waals surface area contributed by atoms with Gasteiger partial charge < -0.3 is 20.8 Å². The van der Waals surface area contributed by atoms with Crippen molar-refractivity contribution in [1.82, 2.24) is 10.3 Å². The van der Waals surface area contributed by atoms with Gasteiger partial charge in [0.25, 0.3) is 0 Å². The van der Waals surface area contributed by atoms with Crippen molar-refractivity contribution in [2.24, 2.45) is 5.73 Å². The van der Waals surface area contributed by atoms with Crippen molar-refractivity contribution < 1.29 is 9.53 Å². The molecule has 0 bridgehead atoms. The summed E-state index contributed by atoms with van der Waals surface area (Å²) in [6.07, 6.45) is 0.465. The van der Waals surface area contributed by atoms with Gasteiger partial charge in [0.05, 0.1) is 22.9 Å². The molecule has 0 fully saturated rings. The largest absolute Gasteiger partial charge is 0.487 e.